The number of rotatable bonds is 1. The summed E-state index contributed by atoms with van der Waals surface area (Å²) in [6, 6.07) is 7.01. The molecule has 2 heterocycles. The number of benzene rings is 1. The Kier molecular flexibility index (Phi) is 2.40. The number of nitrogens with zero attached hydrogens (tertiary/aromatic N) is 2. The maximum Gasteiger partial charge on any atom is 0.0688 e. The molecule has 1 aromatic heterocycles. The van der Waals surface area contributed by atoms with E-state index >= 15 is 0 Å². The third-order valence-electron chi connectivity index (χ3n) is 3.29. The third kappa shape index (κ3) is 1.61. The van der Waals surface area contributed by atoms with Gasteiger partial charge in [-0.1, -0.05) is 12.1 Å². The van der Waals surface area contributed by atoms with Gasteiger partial charge in [-0.3, -0.25) is 4.68 Å². The molecule has 2 aromatic rings. The Morgan fingerprint density at radius 3 is 2.94 bits per heavy atom. The van der Waals surface area contributed by atoms with Crippen molar-refractivity contribution >= 4 is 10.9 Å². The quantitative estimate of drug-likeness (QED) is 0.732. The van der Waals surface area contributed by atoms with Gasteiger partial charge in [-0.2, -0.15) is 5.10 Å². The van der Waals surface area contributed by atoms with Gasteiger partial charge in [-0.05, 0) is 31.4 Å². The maximum atomic E-state index is 5.39. The monoisotopic (exact) mass is 216 g/mol. The number of hydrogen-bond acceptors (Lipinski definition) is 2. The first-order valence-electron chi connectivity index (χ1n) is 5.86. The first kappa shape index (κ1) is 9.85. The van der Waals surface area contributed by atoms with Crippen molar-refractivity contribution in [2.24, 2.45) is 0 Å². The van der Waals surface area contributed by atoms with Gasteiger partial charge in [0.25, 0.3) is 0 Å². The fourth-order valence-electron chi connectivity index (χ4n) is 2.37. The minimum atomic E-state index is 0.507. The summed E-state index contributed by atoms with van der Waals surface area (Å²) >= 11 is 0. The Morgan fingerprint density at radius 2 is 2.12 bits per heavy atom. The lowest BCUT2D eigenvalue weighted by molar-refractivity contribution is 0.0675. The van der Waals surface area contributed by atoms with E-state index in [1.165, 1.54) is 16.5 Å². The summed E-state index contributed by atoms with van der Waals surface area (Å²) in [6.07, 6.45) is 4.11. The predicted octanol–water partition coefficient (Wildman–Crippen LogP) is 2.70. The Hall–Kier alpha value is -1.35. The van der Waals surface area contributed by atoms with Gasteiger partial charge in [0.2, 0.25) is 0 Å². The molecule has 0 amide bonds. The average molecular weight is 216 g/mol. The Balaban J connectivity index is 2.05. The summed E-state index contributed by atoms with van der Waals surface area (Å²) in [7, 11) is 0. The molecular formula is C13H16N2O. The molecule has 1 aliphatic rings. The molecule has 1 saturated heterocycles. The number of fused-ring (bicyclic) bond motifs is 1. The molecule has 0 atom stereocenters. The Labute approximate surface area is 95.0 Å². The molecule has 16 heavy (non-hydrogen) atoms. The third-order valence-corrected chi connectivity index (χ3v) is 3.29. The van der Waals surface area contributed by atoms with Gasteiger partial charge in [-0.25, -0.2) is 0 Å². The Bertz CT molecular complexity index is 498. The zero-order valence-electron chi connectivity index (χ0n) is 9.52. The molecule has 0 aliphatic carbocycles. The molecule has 0 unspecified atom stereocenters. The highest BCUT2D eigenvalue weighted by atomic mass is 16.5. The Morgan fingerprint density at radius 1 is 1.31 bits per heavy atom. The SMILES string of the molecule is Cc1ccc2cnn(C3CCOCC3)c2c1. The lowest BCUT2D eigenvalue weighted by atomic mass is 10.1. The second kappa shape index (κ2) is 3.91. The normalized spacial score (nSPS) is 18.1. The van der Waals surface area contributed by atoms with E-state index < -0.39 is 0 Å². The molecule has 0 saturated carbocycles. The standard InChI is InChI=1S/C13H16N2O/c1-10-2-3-11-9-14-15(13(11)8-10)12-4-6-16-7-5-12/h2-3,8-9,12H,4-7H2,1H3. The van der Waals surface area contributed by atoms with E-state index in [1.54, 1.807) is 0 Å². The largest absolute Gasteiger partial charge is 0.381 e. The van der Waals surface area contributed by atoms with Crippen LogP contribution in [0.4, 0.5) is 0 Å². The smallest absolute Gasteiger partial charge is 0.0688 e. The van der Waals surface area contributed by atoms with Crippen molar-refractivity contribution in [3.05, 3.63) is 30.0 Å². The summed E-state index contributed by atoms with van der Waals surface area (Å²) < 4.78 is 7.56. The molecule has 0 bridgehead atoms. The van der Waals surface area contributed by atoms with Crippen molar-refractivity contribution < 1.29 is 4.74 Å². The van der Waals surface area contributed by atoms with Crippen LogP contribution < -0.4 is 0 Å². The predicted molar refractivity (Wildman–Crippen MR) is 63.6 cm³/mol. The van der Waals surface area contributed by atoms with Crippen LogP contribution in [-0.2, 0) is 4.74 Å². The summed E-state index contributed by atoms with van der Waals surface area (Å²) in [5.41, 5.74) is 2.55. The van der Waals surface area contributed by atoms with E-state index in [4.69, 9.17) is 4.74 Å². The summed E-state index contributed by atoms with van der Waals surface area (Å²) in [5, 5.41) is 5.75. The first-order chi connectivity index (χ1) is 7.84. The molecule has 3 heteroatoms. The van der Waals surface area contributed by atoms with Crippen LogP contribution in [0.25, 0.3) is 10.9 Å². The maximum absolute atomic E-state index is 5.39. The fourth-order valence-corrected chi connectivity index (χ4v) is 2.37. The van der Waals surface area contributed by atoms with Crippen LogP contribution in [0.15, 0.2) is 24.4 Å². The highest BCUT2D eigenvalue weighted by molar-refractivity contribution is 5.79. The summed E-state index contributed by atoms with van der Waals surface area (Å²) in [5.74, 6) is 0. The zero-order chi connectivity index (χ0) is 11.0. The van der Waals surface area contributed by atoms with E-state index in [9.17, 15) is 0 Å². The van der Waals surface area contributed by atoms with Crippen molar-refractivity contribution in [3.8, 4) is 0 Å². The van der Waals surface area contributed by atoms with Gasteiger partial charge in [0.05, 0.1) is 17.8 Å². The lowest BCUT2D eigenvalue weighted by Gasteiger charge is -2.23. The molecule has 1 fully saturated rings. The lowest BCUT2D eigenvalue weighted by Crippen LogP contribution is -2.20. The number of ether oxygens (including phenoxy) is 1. The minimum Gasteiger partial charge on any atom is -0.381 e. The van der Waals surface area contributed by atoms with Gasteiger partial charge in [0.15, 0.2) is 0 Å². The van der Waals surface area contributed by atoms with Gasteiger partial charge >= 0.3 is 0 Å². The number of aryl methyl sites for hydroxylation is 1. The van der Waals surface area contributed by atoms with Crippen molar-refractivity contribution in [1.82, 2.24) is 9.78 Å². The van der Waals surface area contributed by atoms with Gasteiger partial charge in [0, 0.05) is 18.6 Å². The fraction of sp³-hybridized carbons (Fsp3) is 0.462. The van der Waals surface area contributed by atoms with Crippen LogP contribution in [0.5, 0.6) is 0 Å². The van der Waals surface area contributed by atoms with E-state index in [0.717, 1.165) is 26.1 Å². The molecule has 84 valence electrons. The van der Waals surface area contributed by atoms with Gasteiger partial charge < -0.3 is 4.74 Å². The molecule has 3 rings (SSSR count). The molecule has 1 aromatic carbocycles. The topological polar surface area (TPSA) is 27.1 Å². The minimum absolute atomic E-state index is 0.507. The van der Waals surface area contributed by atoms with Gasteiger partial charge in [-0.15, -0.1) is 0 Å². The second-order valence-electron chi connectivity index (χ2n) is 4.49. The molecular weight excluding hydrogens is 200 g/mol. The number of aromatic nitrogens is 2. The van der Waals surface area contributed by atoms with Crippen molar-refractivity contribution in [2.45, 2.75) is 25.8 Å². The average Bonchev–Trinajstić information content (AvgIpc) is 2.73. The molecule has 1 aliphatic heterocycles. The van der Waals surface area contributed by atoms with E-state index in [2.05, 4.69) is 34.9 Å². The van der Waals surface area contributed by atoms with Crippen LogP contribution in [0.2, 0.25) is 0 Å². The van der Waals surface area contributed by atoms with Crippen LogP contribution in [0, 0.1) is 6.92 Å². The van der Waals surface area contributed by atoms with Crippen LogP contribution in [0.3, 0.4) is 0 Å². The summed E-state index contributed by atoms with van der Waals surface area (Å²) in [4.78, 5) is 0. The van der Waals surface area contributed by atoms with Gasteiger partial charge in [0.1, 0.15) is 0 Å². The van der Waals surface area contributed by atoms with Crippen molar-refractivity contribution in [1.29, 1.82) is 0 Å². The summed E-state index contributed by atoms with van der Waals surface area (Å²) in [6.45, 7) is 3.84. The highest BCUT2D eigenvalue weighted by Gasteiger charge is 2.17. The van der Waals surface area contributed by atoms with Crippen LogP contribution in [0.1, 0.15) is 24.4 Å². The van der Waals surface area contributed by atoms with Crippen LogP contribution in [-0.4, -0.2) is 23.0 Å². The first-order valence-corrected chi connectivity index (χ1v) is 5.86. The van der Waals surface area contributed by atoms with E-state index in [1.807, 2.05) is 6.20 Å². The van der Waals surface area contributed by atoms with Crippen molar-refractivity contribution in [2.75, 3.05) is 13.2 Å². The molecule has 0 spiro atoms. The molecule has 3 nitrogen and oxygen atoms in total. The van der Waals surface area contributed by atoms with Crippen molar-refractivity contribution in [3.63, 3.8) is 0 Å². The second-order valence-corrected chi connectivity index (χ2v) is 4.49. The molecule has 0 radical (unpaired) electrons. The number of hydrogen-bond donors (Lipinski definition) is 0. The van der Waals surface area contributed by atoms with Crippen LogP contribution >= 0.6 is 0 Å². The highest BCUT2D eigenvalue weighted by Crippen LogP contribution is 2.25. The zero-order valence-corrected chi connectivity index (χ0v) is 9.52. The molecule has 0 N–H and O–H groups in total. The van der Waals surface area contributed by atoms with E-state index in [0.29, 0.717) is 6.04 Å². The van der Waals surface area contributed by atoms with E-state index in [-0.39, 0.29) is 0 Å².